The lowest BCUT2D eigenvalue weighted by Crippen LogP contribution is -2.23. The lowest BCUT2D eigenvalue weighted by Gasteiger charge is -2.15. The molecule has 0 atom stereocenters. The summed E-state index contributed by atoms with van der Waals surface area (Å²) in [5, 5.41) is 0. The fourth-order valence-corrected chi connectivity index (χ4v) is 3.25. The number of aryl methyl sites for hydroxylation is 3. The first-order chi connectivity index (χ1) is 12.9. The Morgan fingerprint density at radius 1 is 1.00 bits per heavy atom. The van der Waals surface area contributed by atoms with Crippen molar-refractivity contribution in [3.05, 3.63) is 64.2 Å². The number of rotatable bonds is 5. The maximum atomic E-state index is 12.4. The zero-order valence-electron chi connectivity index (χ0n) is 15.9. The Bertz CT molecular complexity index is 899. The lowest BCUT2D eigenvalue weighted by molar-refractivity contribution is -0.117. The van der Waals surface area contributed by atoms with Crippen LogP contribution in [0.3, 0.4) is 0 Å². The molecule has 5 nitrogen and oxygen atoms in total. The summed E-state index contributed by atoms with van der Waals surface area (Å²) >= 11 is 0. The van der Waals surface area contributed by atoms with Crippen LogP contribution in [0.5, 0.6) is 0 Å². The maximum Gasteiger partial charge on any atom is 0.338 e. The minimum absolute atomic E-state index is 0.0969. The molecule has 0 spiro atoms. The highest BCUT2D eigenvalue weighted by molar-refractivity contribution is 6.01. The minimum atomic E-state index is -0.552. The van der Waals surface area contributed by atoms with Gasteiger partial charge in [-0.15, -0.1) is 0 Å². The summed E-state index contributed by atoms with van der Waals surface area (Å²) in [5.41, 5.74) is 4.73. The third-order valence-electron chi connectivity index (χ3n) is 4.96. The molecule has 0 aliphatic carbocycles. The van der Waals surface area contributed by atoms with Crippen LogP contribution in [-0.2, 0) is 9.53 Å². The van der Waals surface area contributed by atoms with E-state index in [9.17, 15) is 14.4 Å². The monoisotopic (exact) mass is 365 g/mol. The standard InChI is InChI=1S/C22H23NO4/c1-14-11-16(3)19(12-15(14)2)20(24)13-27-22(26)17-6-8-18(9-7-17)23-10-4-5-21(23)25/h6-9,11-12H,4-5,10,13H2,1-3H3. The summed E-state index contributed by atoms with van der Waals surface area (Å²) in [7, 11) is 0. The summed E-state index contributed by atoms with van der Waals surface area (Å²) in [6, 6.07) is 10.5. The SMILES string of the molecule is Cc1cc(C)c(C(=O)COC(=O)c2ccc(N3CCCC3=O)cc2)cc1C. The molecule has 0 N–H and O–H groups in total. The van der Waals surface area contributed by atoms with Crippen molar-refractivity contribution in [2.24, 2.45) is 0 Å². The molecule has 0 unspecified atom stereocenters. The first kappa shape index (κ1) is 18.8. The van der Waals surface area contributed by atoms with Crippen molar-refractivity contribution in [3.63, 3.8) is 0 Å². The molecule has 2 aromatic rings. The molecule has 0 bridgehead atoms. The average molecular weight is 365 g/mol. The van der Waals surface area contributed by atoms with E-state index in [1.807, 2.05) is 32.9 Å². The largest absolute Gasteiger partial charge is 0.454 e. The van der Waals surface area contributed by atoms with Crippen LogP contribution < -0.4 is 4.90 Å². The van der Waals surface area contributed by atoms with Crippen molar-refractivity contribution in [1.82, 2.24) is 0 Å². The van der Waals surface area contributed by atoms with Crippen LogP contribution >= 0.6 is 0 Å². The fourth-order valence-electron chi connectivity index (χ4n) is 3.25. The number of hydrogen-bond acceptors (Lipinski definition) is 4. The van der Waals surface area contributed by atoms with E-state index in [4.69, 9.17) is 4.74 Å². The van der Waals surface area contributed by atoms with E-state index < -0.39 is 5.97 Å². The Kier molecular flexibility index (Phi) is 5.40. The van der Waals surface area contributed by atoms with Crippen molar-refractivity contribution >= 4 is 23.3 Å². The highest BCUT2D eigenvalue weighted by Gasteiger charge is 2.22. The van der Waals surface area contributed by atoms with Crippen LogP contribution in [0.25, 0.3) is 0 Å². The van der Waals surface area contributed by atoms with E-state index in [-0.39, 0.29) is 18.3 Å². The van der Waals surface area contributed by atoms with E-state index >= 15 is 0 Å². The minimum Gasteiger partial charge on any atom is -0.454 e. The van der Waals surface area contributed by atoms with Gasteiger partial charge < -0.3 is 9.64 Å². The molecule has 1 aliphatic rings. The molecule has 1 fully saturated rings. The second kappa shape index (κ2) is 7.74. The van der Waals surface area contributed by atoms with Crippen LogP contribution in [-0.4, -0.2) is 30.8 Å². The van der Waals surface area contributed by atoms with Crippen molar-refractivity contribution in [2.75, 3.05) is 18.1 Å². The van der Waals surface area contributed by atoms with Crippen LogP contribution in [0.4, 0.5) is 5.69 Å². The summed E-state index contributed by atoms with van der Waals surface area (Å²) in [4.78, 5) is 38.1. The zero-order chi connectivity index (χ0) is 19.6. The number of Topliss-reactive ketones (excluding diaryl/α,β-unsaturated/α-hetero) is 1. The smallest absolute Gasteiger partial charge is 0.338 e. The van der Waals surface area contributed by atoms with Gasteiger partial charge in [-0.3, -0.25) is 9.59 Å². The molecule has 0 radical (unpaired) electrons. The normalized spacial score (nSPS) is 13.7. The predicted octanol–water partition coefficient (Wildman–Crippen LogP) is 3.78. The number of amides is 1. The van der Waals surface area contributed by atoms with Crippen LogP contribution in [0.15, 0.2) is 36.4 Å². The van der Waals surface area contributed by atoms with Gasteiger partial charge in [-0.1, -0.05) is 6.07 Å². The fraction of sp³-hybridized carbons (Fsp3) is 0.318. The summed E-state index contributed by atoms with van der Waals surface area (Å²) in [5.74, 6) is -0.674. The number of benzene rings is 2. The van der Waals surface area contributed by atoms with Crippen LogP contribution in [0.2, 0.25) is 0 Å². The first-order valence-corrected chi connectivity index (χ1v) is 9.05. The zero-order valence-corrected chi connectivity index (χ0v) is 15.9. The number of carbonyl (C=O) groups is 3. The van der Waals surface area contributed by atoms with Gasteiger partial charge in [0, 0.05) is 24.2 Å². The van der Waals surface area contributed by atoms with Gasteiger partial charge in [0.15, 0.2) is 6.61 Å². The van der Waals surface area contributed by atoms with Gasteiger partial charge in [0.25, 0.3) is 0 Å². The number of hydrogen-bond donors (Lipinski definition) is 0. The maximum absolute atomic E-state index is 12.4. The molecule has 1 saturated heterocycles. The second-order valence-electron chi connectivity index (χ2n) is 6.95. The number of esters is 1. The topological polar surface area (TPSA) is 63.7 Å². The quantitative estimate of drug-likeness (QED) is 0.597. The van der Waals surface area contributed by atoms with Gasteiger partial charge in [0.05, 0.1) is 5.56 Å². The number of nitrogens with zero attached hydrogens (tertiary/aromatic N) is 1. The first-order valence-electron chi connectivity index (χ1n) is 9.05. The van der Waals surface area contributed by atoms with E-state index in [2.05, 4.69) is 0 Å². The molecular weight excluding hydrogens is 342 g/mol. The molecule has 1 aliphatic heterocycles. The molecular formula is C22H23NO4. The summed E-state index contributed by atoms with van der Waals surface area (Å²) < 4.78 is 5.19. The van der Waals surface area contributed by atoms with Crippen molar-refractivity contribution in [1.29, 1.82) is 0 Å². The third kappa shape index (κ3) is 4.08. The molecule has 3 rings (SSSR count). The third-order valence-corrected chi connectivity index (χ3v) is 4.96. The molecule has 0 saturated carbocycles. The number of ether oxygens (including phenoxy) is 1. The van der Waals surface area contributed by atoms with Gasteiger partial charge in [-0.05, 0) is 74.2 Å². The Hall–Kier alpha value is -2.95. The molecule has 140 valence electrons. The van der Waals surface area contributed by atoms with E-state index in [1.54, 1.807) is 29.2 Å². The van der Waals surface area contributed by atoms with Gasteiger partial charge >= 0.3 is 5.97 Å². The summed E-state index contributed by atoms with van der Waals surface area (Å²) in [6.07, 6.45) is 1.41. The van der Waals surface area contributed by atoms with Gasteiger partial charge in [0.2, 0.25) is 11.7 Å². The Balaban J connectivity index is 1.63. The Labute approximate surface area is 158 Å². The number of carbonyl (C=O) groups excluding carboxylic acids is 3. The molecule has 1 amide bonds. The van der Waals surface area contributed by atoms with Crippen molar-refractivity contribution in [2.45, 2.75) is 33.6 Å². The van der Waals surface area contributed by atoms with Crippen molar-refractivity contribution < 1.29 is 19.1 Å². The van der Waals surface area contributed by atoms with E-state index in [0.29, 0.717) is 24.1 Å². The van der Waals surface area contributed by atoms with Gasteiger partial charge in [-0.25, -0.2) is 4.79 Å². The molecule has 27 heavy (non-hydrogen) atoms. The molecule has 2 aromatic carbocycles. The predicted molar refractivity (Wildman–Crippen MR) is 103 cm³/mol. The van der Waals surface area contributed by atoms with Gasteiger partial charge in [0.1, 0.15) is 0 Å². The lowest BCUT2D eigenvalue weighted by atomic mass is 9.98. The van der Waals surface area contributed by atoms with Crippen LogP contribution in [0, 0.1) is 20.8 Å². The highest BCUT2D eigenvalue weighted by Crippen LogP contribution is 2.22. The van der Waals surface area contributed by atoms with Crippen molar-refractivity contribution in [3.8, 4) is 0 Å². The van der Waals surface area contributed by atoms with E-state index in [0.717, 1.165) is 28.8 Å². The number of ketones is 1. The summed E-state index contributed by atoms with van der Waals surface area (Å²) in [6.45, 7) is 6.22. The second-order valence-corrected chi connectivity index (χ2v) is 6.95. The average Bonchev–Trinajstić information content (AvgIpc) is 3.08. The highest BCUT2D eigenvalue weighted by atomic mass is 16.5. The number of anilines is 1. The Morgan fingerprint density at radius 2 is 1.67 bits per heavy atom. The van der Waals surface area contributed by atoms with Gasteiger partial charge in [-0.2, -0.15) is 0 Å². The molecule has 5 heteroatoms. The molecule has 0 aromatic heterocycles. The Morgan fingerprint density at radius 3 is 2.30 bits per heavy atom. The van der Waals surface area contributed by atoms with E-state index in [1.165, 1.54) is 0 Å². The van der Waals surface area contributed by atoms with Crippen LogP contribution in [0.1, 0.15) is 50.2 Å². The molecule has 1 heterocycles.